The molecule has 3 aromatic carbocycles. The molecule has 0 fully saturated rings. The molecule has 0 spiro atoms. The van der Waals surface area contributed by atoms with Crippen LogP contribution in [0.1, 0.15) is 62.3 Å². The quantitative estimate of drug-likeness (QED) is 0.242. The van der Waals surface area contributed by atoms with Crippen LogP contribution >= 0.6 is 0 Å². The molecule has 0 saturated heterocycles. The van der Waals surface area contributed by atoms with Crippen molar-refractivity contribution in [1.29, 1.82) is 0 Å². The fourth-order valence-electron chi connectivity index (χ4n) is 4.60. The van der Waals surface area contributed by atoms with Gasteiger partial charge in [0.15, 0.2) is 0 Å². The van der Waals surface area contributed by atoms with Gasteiger partial charge in [-0.2, -0.15) is 0 Å². The highest BCUT2D eigenvalue weighted by Crippen LogP contribution is 2.35. The average Bonchev–Trinajstić information content (AvgIpc) is 3.52. The number of H-pyrrole nitrogens is 2. The predicted molar refractivity (Wildman–Crippen MR) is 147 cm³/mol. The Morgan fingerprint density at radius 3 is 2.33 bits per heavy atom. The highest BCUT2D eigenvalue weighted by molar-refractivity contribution is 6.14. The van der Waals surface area contributed by atoms with E-state index in [0.717, 1.165) is 55.7 Å². The number of nitrogens with zero attached hydrogens (tertiary/aromatic N) is 3. The number of hydrogen-bond acceptors (Lipinski definition) is 3. The van der Waals surface area contributed by atoms with E-state index in [1.54, 1.807) is 12.3 Å². The summed E-state index contributed by atoms with van der Waals surface area (Å²) in [5, 5.41) is 2.08. The van der Waals surface area contributed by atoms with Crippen molar-refractivity contribution in [1.82, 2.24) is 19.9 Å². The molecule has 5 aromatic rings. The van der Waals surface area contributed by atoms with Crippen molar-refractivity contribution in [2.75, 3.05) is 0 Å². The van der Waals surface area contributed by atoms with Crippen LogP contribution in [-0.4, -0.2) is 26.2 Å². The molecule has 6 heteroatoms. The van der Waals surface area contributed by atoms with Crippen LogP contribution in [0, 0.1) is 12.7 Å². The average molecular weight is 480 g/mol. The summed E-state index contributed by atoms with van der Waals surface area (Å²) in [7, 11) is 0. The minimum absolute atomic E-state index is 0.249. The van der Waals surface area contributed by atoms with Crippen LogP contribution in [0.3, 0.4) is 0 Å². The monoisotopic (exact) mass is 479 g/mol. The molecule has 0 unspecified atom stereocenters. The zero-order chi connectivity index (χ0) is 25.6. The Labute approximate surface area is 210 Å². The molecule has 0 atom stereocenters. The summed E-state index contributed by atoms with van der Waals surface area (Å²) in [5.41, 5.74) is 6.91. The summed E-state index contributed by atoms with van der Waals surface area (Å²) in [6.45, 7) is 14.1. The van der Waals surface area contributed by atoms with Crippen LogP contribution in [0.25, 0.3) is 44.2 Å². The van der Waals surface area contributed by atoms with Gasteiger partial charge in [-0.3, -0.25) is 4.99 Å². The van der Waals surface area contributed by atoms with Crippen LogP contribution in [0.2, 0.25) is 0 Å². The number of aromatic nitrogens is 4. The van der Waals surface area contributed by atoms with E-state index in [9.17, 15) is 0 Å². The maximum Gasteiger partial charge on any atom is 0.133 e. The molecule has 0 radical (unpaired) electrons. The third-order valence-corrected chi connectivity index (χ3v) is 6.65. The van der Waals surface area contributed by atoms with Gasteiger partial charge in [0.05, 0.1) is 22.9 Å². The van der Waals surface area contributed by atoms with Crippen LogP contribution in [0.4, 0.5) is 4.39 Å². The van der Waals surface area contributed by atoms with Crippen molar-refractivity contribution in [3.63, 3.8) is 0 Å². The molecule has 2 aromatic heterocycles. The second kappa shape index (κ2) is 9.19. The van der Waals surface area contributed by atoms with Crippen molar-refractivity contribution in [2.45, 2.75) is 46.5 Å². The minimum atomic E-state index is -0.290. The molecule has 182 valence electrons. The Kier molecular flexibility index (Phi) is 6.04. The number of aromatic amines is 2. The summed E-state index contributed by atoms with van der Waals surface area (Å²) >= 11 is 0. The fourth-order valence-corrected chi connectivity index (χ4v) is 4.60. The van der Waals surface area contributed by atoms with E-state index in [1.165, 1.54) is 6.20 Å². The highest BCUT2D eigenvalue weighted by Gasteiger charge is 2.17. The molecule has 0 bridgehead atoms. The zero-order valence-electron chi connectivity index (χ0n) is 21.3. The van der Waals surface area contributed by atoms with E-state index in [4.69, 9.17) is 4.98 Å². The number of halogens is 1. The van der Waals surface area contributed by atoms with Gasteiger partial charge in [-0.15, -0.1) is 0 Å². The summed E-state index contributed by atoms with van der Waals surface area (Å²) in [4.78, 5) is 20.3. The molecular formula is C30H30FN5. The third kappa shape index (κ3) is 4.02. The largest absolute Gasteiger partial charge is 0.342 e. The van der Waals surface area contributed by atoms with Crippen molar-refractivity contribution >= 4 is 28.0 Å². The lowest BCUT2D eigenvalue weighted by Crippen LogP contribution is -1.94. The number of rotatable bonds is 6. The molecule has 0 aliphatic carbocycles. The molecule has 36 heavy (non-hydrogen) atoms. The molecule has 2 heterocycles. The van der Waals surface area contributed by atoms with E-state index < -0.39 is 0 Å². The molecule has 5 rings (SSSR count). The van der Waals surface area contributed by atoms with Crippen LogP contribution < -0.4 is 0 Å². The summed E-state index contributed by atoms with van der Waals surface area (Å²) in [6, 6.07) is 11.6. The molecule has 0 saturated carbocycles. The molecule has 0 amide bonds. The first-order valence-electron chi connectivity index (χ1n) is 12.2. The number of benzene rings is 3. The maximum atomic E-state index is 15.2. The second-order valence-electron chi connectivity index (χ2n) is 9.79. The van der Waals surface area contributed by atoms with E-state index >= 15 is 4.39 Å². The molecule has 2 N–H and O–H groups in total. The topological polar surface area (TPSA) is 69.7 Å². The molecular weight excluding hydrogens is 449 g/mol. The van der Waals surface area contributed by atoms with Crippen molar-refractivity contribution in [2.24, 2.45) is 4.99 Å². The first-order chi connectivity index (χ1) is 17.3. The predicted octanol–water partition coefficient (Wildman–Crippen LogP) is 8.03. The third-order valence-electron chi connectivity index (χ3n) is 6.65. The number of aliphatic imine (C=N–C) groups is 1. The zero-order valence-corrected chi connectivity index (χ0v) is 21.3. The number of aryl methyl sites for hydroxylation is 1. The van der Waals surface area contributed by atoms with Gasteiger partial charge in [0.2, 0.25) is 0 Å². The van der Waals surface area contributed by atoms with E-state index in [2.05, 4.69) is 73.3 Å². The molecule has 0 aliphatic heterocycles. The normalized spacial score (nSPS) is 12.1. The minimum Gasteiger partial charge on any atom is -0.342 e. The fraction of sp³-hybridized carbons (Fsp3) is 0.233. The van der Waals surface area contributed by atoms with Crippen molar-refractivity contribution in [3.8, 4) is 22.4 Å². The van der Waals surface area contributed by atoms with Crippen LogP contribution in [0.15, 0.2) is 60.4 Å². The van der Waals surface area contributed by atoms with E-state index in [0.29, 0.717) is 11.3 Å². The summed E-state index contributed by atoms with van der Waals surface area (Å²) in [5.74, 6) is 2.04. The Hall–Kier alpha value is -4.06. The first-order valence-corrected chi connectivity index (χ1v) is 12.2. The van der Waals surface area contributed by atoms with Gasteiger partial charge < -0.3 is 9.97 Å². The van der Waals surface area contributed by atoms with Crippen molar-refractivity contribution in [3.05, 3.63) is 84.0 Å². The molecule has 0 aliphatic rings. The molecule has 5 nitrogen and oxygen atoms in total. The summed E-state index contributed by atoms with van der Waals surface area (Å²) in [6.07, 6.45) is 5.04. The van der Waals surface area contributed by atoms with Gasteiger partial charge in [-0.1, -0.05) is 52.5 Å². The van der Waals surface area contributed by atoms with Gasteiger partial charge in [0, 0.05) is 40.8 Å². The van der Waals surface area contributed by atoms with Gasteiger partial charge in [0.1, 0.15) is 17.5 Å². The van der Waals surface area contributed by atoms with Crippen LogP contribution in [-0.2, 0) is 0 Å². The standard InChI is InChI=1S/C30H30FN5/c1-7-32-14-24-18(6)27-28(36-30(35-27)17(4)5)21-10-8-19(12-23(21)24)20-9-11-22(25(31)13-20)26-15-33-29(34-26)16(2)3/h7-17H,1H2,2-6H3,(H,33,34)(H,35,36). The van der Waals surface area contributed by atoms with E-state index in [1.807, 2.05) is 24.4 Å². The van der Waals surface area contributed by atoms with Crippen molar-refractivity contribution < 1.29 is 4.39 Å². The lowest BCUT2D eigenvalue weighted by Gasteiger charge is -2.11. The van der Waals surface area contributed by atoms with Gasteiger partial charge in [-0.05, 0) is 47.2 Å². The Bertz CT molecular complexity index is 1630. The lowest BCUT2D eigenvalue weighted by atomic mass is 9.94. The SMILES string of the molecule is C=CN=Cc1c(C)c2nc(C(C)C)[nH]c2c2ccc(-c3ccc(-c4cnc(C(C)C)[nH]4)c(F)c3)cc12. The first kappa shape index (κ1) is 23.7. The van der Waals surface area contributed by atoms with Gasteiger partial charge in [0.25, 0.3) is 0 Å². The van der Waals surface area contributed by atoms with Gasteiger partial charge in [-0.25, -0.2) is 14.4 Å². The number of hydrogen-bond donors (Lipinski definition) is 2. The Morgan fingerprint density at radius 2 is 1.67 bits per heavy atom. The summed E-state index contributed by atoms with van der Waals surface area (Å²) < 4.78 is 15.2. The van der Waals surface area contributed by atoms with Gasteiger partial charge >= 0.3 is 0 Å². The van der Waals surface area contributed by atoms with E-state index in [-0.39, 0.29) is 17.7 Å². The number of nitrogens with one attached hydrogen (secondary N) is 2. The number of imidazole rings is 2. The lowest BCUT2D eigenvalue weighted by molar-refractivity contribution is 0.631. The Balaban J connectivity index is 1.66. The Morgan fingerprint density at radius 1 is 0.944 bits per heavy atom. The maximum absolute atomic E-state index is 15.2. The number of fused-ring (bicyclic) bond motifs is 3. The smallest absolute Gasteiger partial charge is 0.133 e. The second-order valence-corrected chi connectivity index (χ2v) is 9.79. The highest BCUT2D eigenvalue weighted by atomic mass is 19.1. The van der Waals surface area contributed by atoms with Crippen LogP contribution in [0.5, 0.6) is 0 Å².